The number of hydrogen-bond acceptors (Lipinski definition) is 3. The molecule has 0 saturated heterocycles. The van der Waals surface area contributed by atoms with Crippen LogP contribution in [0, 0.1) is 6.92 Å². The predicted molar refractivity (Wildman–Crippen MR) is 76.0 cm³/mol. The maximum atomic E-state index is 12.5. The molecule has 2 aromatic rings. The Balaban J connectivity index is 2.49. The summed E-state index contributed by atoms with van der Waals surface area (Å²) in [4.78, 5) is 3.82. The molecular weight excluding hydrogens is 284 g/mol. The normalized spacial score (nSPS) is 11.3. The number of pyridine rings is 1. The zero-order valence-electron chi connectivity index (χ0n) is 10.5. The van der Waals surface area contributed by atoms with Crippen molar-refractivity contribution >= 4 is 27.3 Å². The molecule has 19 heavy (non-hydrogen) atoms. The number of anilines is 1. The van der Waals surface area contributed by atoms with Gasteiger partial charge in [0, 0.05) is 19.4 Å². The van der Waals surface area contributed by atoms with Gasteiger partial charge < -0.3 is 0 Å². The fourth-order valence-corrected chi connectivity index (χ4v) is 3.26. The average Bonchev–Trinajstić information content (AvgIpc) is 2.38. The molecule has 0 spiro atoms. The average molecular weight is 297 g/mol. The second kappa shape index (κ2) is 5.19. The molecule has 0 fully saturated rings. The van der Waals surface area contributed by atoms with Gasteiger partial charge in [-0.05, 0) is 30.7 Å². The zero-order chi connectivity index (χ0) is 14.0. The van der Waals surface area contributed by atoms with Gasteiger partial charge in [-0.25, -0.2) is 8.42 Å². The van der Waals surface area contributed by atoms with Crippen molar-refractivity contribution in [1.29, 1.82) is 0 Å². The minimum Gasteiger partial charge on any atom is -0.269 e. The van der Waals surface area contributed by atoms with Gasteiger partial charge in [0.1, 0.15) is 4.90 Å². The Labute approximate surface area is 117 Å². The molecule has 0 amide bonds. The summed E-state index contributed by atoms with van der Waals surface area (Å²) >= 11 is 5.93. The highest BCUT2D eigenvalue weighted by Crippen LogP contribution is 2.26. The standard InChI is InChI=1S/C13H13ClN2O2S/c1-10-4-3-5-11(8-10)16(2)19(17,18)13-9-15-7-6-12(13)14/h3-9H,1-2H3. The lowest BCUT2D eigenvalue weighted by Gasteiger charge is -2.20. The first-order chi connectivity index (χ1) is 8.93. The van der Waals surface area contributed by atoms with Crippen molar-refractivity contribution in [2.75, 3.05) is 11.4 Å². The lowest BCUT2D eigenvalue weighted by Crippen LogP contribution is -2.26. The minimum atomic E-state index is -3.70. The molecule has 0 unspecified atom stereocenters. The number of rotatable bonds is 3. The first kappa shape index (κ1) is 13.8. The highest BCUT2D eigenvalue weighted by molar-refractivity contribution is 7.93. The topological polar surface area (TPSA) is 50.3 Å². The largest absolute Gasteiger partial charge is 0.269 e. The Bertz CT molecular complexity index is 701. The zero-order valence-corrected chi connectivity index (χ0v) is 12.1. The molecule has 0 bridgehead atoms. The van der Waals surface area contributed by atoms with Crippen LogP contribution in [0.15, 0.2) is 47.6 Å². The van der Waals surface area contributed by atoms with Crippen LogP contribution in [0.1, 0.15) is 5.56 Å². The van der Waals surface area contributed by atoms with Crippen LogP contribution in [0.4, 0.5) is 5.69 Å². The van der Waals surface area contributed by atoms with Gasteiger partial charge in [-0.15, -0.1) is 0 Å². The summed E-state index contributed by atoms with van der Waals surface area (Å²) in [6, 6.07) is 8.69. The van der Waals surface area contributed by atoms with E-state index in [1.807, 2.05) is 19.1 Å². The van der Waals surface area contributed by atoms with E-state index in [1.54, 1.807) is 12.1 Å². The Morgan fingerprint density at radius 3 is 2.63 bits per heavy atom. The van der Waals surface area contributed by atoms with E-state index in [0.29, 0.717) is 5.69 Å². The Kier molecular flexibility index (Phi) is 3.78. The van der Waals surface area contributed by atoms with Gasteiger partial charge in [-0.3, -0.25) is 9.29 Å². The first-order valence-corrected chi connectivity index (χ1v) is 7.40. The summed E-state index contributed by atoms with van der Waals surface area (Å²) in [5.41, 5.74) is 1.57. The molecular formula is C13H13ClN2O2S. The second-order valence-corrected chi connectivity index (χ2v) is 6.46. The SMILES string of the molecule is Cc1cccc(N(C)S(=O)(=O)c2cnccc2Cl)c1. The molecule has 4 nitrogen and oxygen atoms in total. The number of nitrogens with zero attached hydrogens (tertiary/aromatic N) is 2. The fraction of sp³-hybridized carbons (Fsp3) is 0.154. The highest BCUT2D eigenvalue weighted by Gasteiger charge is 2.24. The van der Waals surface area contributed by atoms with Crippen molar-refractivity contribution < 1.29 is 8.42 Å². The van der Waals surface area contributed by atoms with Gasteiger partial charge in [0.05, 0.1) is 10.7 Å². The minimum absolute atomic E-state index is 0.000623. The number of sulfonamides is 1. The first-order valence-electron chi connectivity index (χ1n) is 5.58. The van der Waals surface area contributed by atoms with Crippen LogP contribution < -0.4 is 4.31 Å². The molecule has 1 aromatic heterocycles. The van der Waals surface area contributed by atoms with Crippen LogP contribution >= 0.6 is 11.6 Å². The van der Waals surface area contributed by atoms with Crippen LogP contribution in [0.2, 0.25) is 5.02 Å². The molecule has 0 radical (unpaired) electrons. The summed E-state index contributed by atoms with van der Waals surface area (Å²) in [7, 11) is -2.21. The van der Waals surface area contributed by atoms with E-state index < -0.39 is 10.0 Å². The summed E-state index contributed by atoms with van der Waals surface area (Å²) < 4.78 is 26.1. The molecule has 0 aliphatic carbocycles. The van der Waals surface area contributed by atoms with E-state index in [1.165, 1.54) is 29.8 Å². The van der Waals surface area contributed by atoms with Crippen molar-refractivity contribution in [3.05, 3.63) is 53.3 Å². The third-order valence-corrected chi connectivity index (χ3v) is 4.99. The second-order valence-electron chi connectivity index (χ2n) is 4.12. The molecule has 0 N–H and O–H groups in total. The number of benzene rings is 1. The van der Waals surface area contributed by atoms with Gasteiger partial charge in [0.2, 0.25) is 0 Å². The Morgan fingerprint density at radius 2 is 2.00 bits per heavy atom. The molecule has 1 aromatic carbocycles. The third-order valence-electron chi connectivity index (χ3n) is 2.74. The molecule has 0 aliphatic rings. The van der Waals surface area contributed by atoms with E-state index in [9.17, 15) is 8.42 Å². The number of aromatic nitrogens is 1. The maximum absolute atomic E-state index is 12.5. The molecule has 2 rings (SSSR count). The van der Waals surface area contributed by atoms with Gasteiger partial charge in [0.25, 0.3) is 10.0 Å². The lowest BCUT2D eigenvalue weighted by molar-refractivity contribution is 0.594. The Hall–Kier alpha value is -1.59. The van der Waals surface area contributed by atoms with E-state index in [-0.39, 0.29) is 9.92 Å². The molecule has 0 aliphatic heterocycles. The third kappa shape index (κ3) is 2.72. The number of halogens is 1. The summed E-state index contributed by atoms with van der Waals surface area (Å²) in [5.74, 6) is 0. The highest BCUT2D eigenvalue weighted by atomic mass is 35.5. The quantitative estimate of drug-likeness (QED) is 0.875. The summed E-state index contributed by atoms with van der Waals surface area (Å²) in [6.07, 6.45) is 2.71. The lowest BCUT2D eigenvalue weighted by atomic mass is 10.2. The van der Waals surface area contributed by atoms with Gasteiger partial charge >= 0.3 is 0 Å². The summed E-state index contributed by atoms with van der Waals surface area (Å²) in [5, 5.41) is 0.162. The van der Waals surface area contributed by atoms with Crippen LogP contribution in [0.5, 0.6) is 0 Å². The van der Waals surface area contributed by atoms with E-state index in [0.717, 1.165) is 5.56 Å². The van der Waals surface area contributed by atoms with Crippen molar-refractivity contribution in [1.82, 2.24) is 4.98 Å². The van der Waals surface area contributed by atoms with Crippen LogP contribution in [0.3, 0.4) is 0 Å². The van der Waals surface area contributed by atoms with E-state index >= 15 is 0 Å². The molecule has 6 heteroatoms. The molecule has 0 atom stereocenters. The maximum Gasteiger partial charge on any atom is 0.267 e. The van der Waals surface area contributed by atoms with Crippen molar-refractivity contribution in [3.8, 4) is 0 Å². The van der Waals surface area contributed by atoms with Crippen LogP contribution in [-0.2, 0) is 10.0 Å². The van der Waals surface area contributed by atoms with E-state index in [2.05, 4.69) is 4.98 Å². The van der Waals surface area contributed by atoms with Gasteiger partial charge in [-0.2, -0.15) is 0 Å². The van der Waals surface area contributed by atoms with Crippen molar-refractivity contribution in [2.24, 2.45) is 0 Å². The van der Waals surface area contributed by atoms with Crippen molar-refractivity contribution in [3.63, 3.8) is 0 Å². The van der Waals surface area contributed by atoms with Crippen LogP contribution in [-0.4, -0.2) is 20.4 Å². The Morgan fingerprint density at radius 1 is 1.26 bits per heavy atom. The number of aryl methyl sites for hydroxylation is 1. The van der Waals surface area contributed by atoms with E-state index in [4.69, 9.17) is 11.6 Å². The number of hydrogen-bond donors (Lipinski definition) is 0. The monoisotopic (exact) mass is 296 g/mol. The van der Waals surface area contributed by atoms with Gasteiger partial charge in [-0.1, -0.05) is 23.7 Å². The summed E-state index contributed by atoms with van der Waals surface area (Å²) in [6.45, 7) is 1.90. The predicted octanol–water partition coefficient (Wildman–Crippen LogP) is 2.87. The van der Waals surface area contributed by atoms with Gasteiger partial charge in [0.15, 0.2) is 0 Å². The van der Waals surface area contributed by atoms with Crippen molar-refractivity contribution in [2.45, 2.75) is 11.8 Å². The molecule has 0 saturated carbocycles. The fourth-order valence-electron chi connectivity index (χ4n) is 1.66. The van der Waals surface area contributed by atoms with Crippen LogP contribution in [0.25, 0.3) is 0 Å². The smallest absolute Gasteiger partial charge is 0.267 e. The molecule has 1 heterocycles. The molecule has 100 valence electrons.